The van der Waals surface area contributed by atoms with Crippen molar-refractivity contribution in [2.24, 2.45) is 0 Å². The minimum absolute atomic E-state index is 0.0801. The van der Waals surface area contributed by atoms with E-state index in [4.69, 9.17) is 0 Å². The maximum atomic E-state index is 10.2. The first-order valence-electron chi connectivity index (χ1n) is 6.05. The van der Waals surface area contributed by atoms with Gasteiger partial charge in [0.05, 0.1) is 13.2 Å². The topological polar surface area (TPSA) is 46.2 Å². The highest BCUT2D eigenvalue weighted by molar-refractivity contribution is 5.36. The Labute approximate surface area is 92.8 Å². The summed E-state index contributed by atoms with van der Waals surface area (Å²) in [4.78, 5) is 9.82. The highest BCUT2D eigenvalue weighted by Gasteiger charge is 1.92. The summed E-state index contributed by atoms with van der Waals surface area (Å²) in [6.45, 7) is 1.15. The van der Waals surface area contributed by atoms with Gasteiger partial charge in [0, 0.05) is 0 Å². The lowest BCUT2D eigenvalue weighted by Crippen LogP contribution is -1.91. The highest BCUT2D eigenvalue weighted by atomic mass is 16.5. The molecule has 0 fully saturated rings. The monoisotopic (exact) mass is 215 g/mol. The second kappa shape index (κ2) is 13.4. The van der Waals surface area contributed by atoms with Crippen LogP contribution in [0.2, 0.25) is 0 Å². The van der Waals surface area contributed by atoms with Crippen LogP contribution in [0, 0.1) is 0 Å². The normalized spacial score (nSPS) is 10.2. The van der Waals surface area contributed by atoms with E-state index in [1.807, 2.05) is 0 Å². The predicted molar refractivity (Wildman–Crippen MR) is 59.1 cm³/mol. The van der Waals surface area contributed by atoms with E-state index in [2.05, 4.69) is 4.74 Å². The summed E-state index contributed by atoms with van der Waals surface area (Å²) in [5, 5.41) is 10.2. The molecule has 0 saturated heterocycles. The van der Waals surface area contributed by atoms with Crippen molar-refractivity contribution in [3.8, 4) is 0 Å². The Morgan fingerprint density at radius 2 is 1.20 bits per heavy atom. The van der Waals surface area contributed by atoms with Crippen LogP contribution in [0.3, 0.4) is 0 Å². The third-order valence-corrected chi connectivity index (χ3v) is 2.47. The molecule has 0 unspecified atom stereocenters. The van der Waals surface area contributed by atoms with Gasteiger partial charge < -0.3 is 4.74 Å². The molecule has 0 spiro atoms. The van der Waals surface area contributed by atoms with Gasteiger partial charge in [0.1, 0.15) is 0 Å². The summed E-state index contributed by atoms with van der Waals surface area (Å²) >= 11 is 0. The minimum Gasteiger partial charge on any atom is -0.468 e. The van der Waals surface area contributed by atoms with Gasteiger partial charge >= 0.3 is 0 Å². The van der Waals surface area contributed by atoms with Gasteiger partial charge in [0.2, 0.25) is 0 Å². The number of carbonyl (C=O) groups excluding carboxylic acids is 1. The molecule has 0 aromatic rings. The van der Waals surface area contributed by atoms with Crippen LogP contribution >= 0.6 is 0 Å². The number of rotatable bonds is 12. The molecule has 0 aliphatic rings. The smallest absolute Gasteiger partial charge is 0.293 e. The number of hydrogen-bond acceptors (Lipinski definition) is 2. The molecule has 0 rings (SSSR count). The van der Waals surface area contributed by atoms with Crippen LogP contribution in [0.5, 0.6) is 0 Å². The standard InChI is InChI=1S/C12H23O3/c13-10-8-6-4-2-1-3-5-7-9-11-15-12-14/h12H,1-11H2. The Hall–Kier alpha value is -0.570. The molecule has 0 aromatic heterocycles. The van der Waals surface area contributed by atoms with Crippen molar-refractivity contribution >= 4 is 6.47 Å². The average Bonchev–Trinajstić information content (AvgIpc) is 2.26. The lowest BCUT2D eigenvalue weighted by Gasteiger charge is -2.01. The van der Waals surface area contributed by atoms with Gasteiger partial charge in [-0.25, -0.2) is 5.11 Å². The second-order valence-electron chi connectivity index (χ2n) is 3.85. The molecule has 0 saturated carbocycles. The Balaban J connectivity index is 2.83. The fourth-order valence-electron chi connectivity index (χ4n) is 1.57. The molecule has 3 nitrogen and oxygen atoms in total. The molecule has 0 amide bonds. The van der Waals surface area contributed by atoms with Crippen LogP contribution in [0.25, 0.3) is 0 Å². The van der Waals surface area contributed by atoms with Crippen molar-refractivity contribution in [2.75, 3.05) is 13.2 Å². The SMILES string of the molecule is [O]CCCCCCCCCCCOC=O. The first-order valence-corrected chi connectivity index (χ1v) is 6.05. The van der Waals surface area contributed by atoms with E-state index in [1.165, 1.54) is 32.1 Å². The highest BCUT2D eigenvalue weighted by Crippen LogP contribution is 2.09. The zero-order valence-electron chi connectivity index (χ0n) is 9.58. The third kappa shape index (κ3) is 13.4. The zero-order valence-corrected chi connectivity index (χ0v) is 9.58. The number of unbranched alkanes of at least 4 members (excludes halogenated alkanes) is 8. The van der Waals surface area contributed by atoms with Crippen LogP contribution in [0.1, 0.15) is 57.8 Å². The van der Waals surface area contributed by atoms with Gasteiger partial charge in [-0.15, -0.1) is 0 Å². The first-order chi connectivity index (χ1) is 7.41. The molecule has 15 heavy (non-hydrogen) atoms. The van der Waals surface area contributed by atoms with E-state index in [1.54, 1.807) is 0 Å². The van der Waals surface area contributed by atoms with E-state index in [0.717, 1.165) is 25.7 Å². The Morgan fingerprint density at radius 1 is 0.733 bits per heavy atom. The lowest BCUT2D eigenvalue weighted by molar-refractivity contribution is -0.128. The van der Waals surface area contributed by atoms with Gasteiger partial charge in [-0.1, -0.05) is 44.9 Å². The molecule has 3 heteroatoms. The summed E-state index contributed by atoms with van der Waals surface area (Å²) in [5.41, 5.74) is 0. The van der Waals surface area contributed by atoms with Gasteiger partial charge in [-0.05, 0) is 12.8 Å². The predicted octanol–water partition coefficient (Wildman–Crippen LogP) is 3.10. The van der Waals surface area contributed by atoms with Crippen molar-refractivity contribution in [3.05, 3.63) is 0 Å². The van der Waals surface area contributed by atoms with Gasteiger partial charge in [-0.3, -0.25) is 4.79 Å². The van der Waals surface area contributed by atoms with Crippen LogP contribution in [-0.2, 0) is 14.6 Å². The summed E-state index contributed by atoms with van der Waals surface area (Å²) in [6.07, 6.45) is 10.3. The van der Waals surface area contributed by atoms with Gasteiger partial charge in [0.25, 0.3) is 6.47 Å². The van der Waals surface area contributed by atoms with E-state index < -0.39 is 0 Å². The van der Waals surface area contributed by atoms with Crippen molar-refractivity contribution in [1.82, 2.24) is 0 Å². The summed E-state index contributed by atoms with van der Waals surface area (Å²) < 4.78 is 4.60. The first kappa shape index (κ1) is 14.4. The molecule has 0 atom stereocenters. The molecule has 0 heterocycles. The molecule has 0 bridgehead atoms. The Morgan fingerprint density at radius 3 is 1.67 bits per heavy atom. The van der Waals surface area contributed by atoms with E-state index in [-0.39, 0.29) is 6.61 Å². The summed E-state index contributed by atoms with van der Waals surface area (Å²) in [7, 11) is 0. The average molecular weight is 215 g/mol. The van der Waals surface area contributed by atoms with E-state index >= 15 is 0 Å². The maximum absolute atomic E-state index is 10.2. The van der Waals surface area contributed by atoms with E-state index in [9.17, 15) is 9.90 Å². The van der Waals surface area contributed by atoms with Gasteiger partial charge in [0.15, 0.2) is 0 Å². The number of carbonyl (C=O) groups is 1. The lowest BCUT2D eigenvalue weighted by atomic mass is 10.1. The van der Waals surface area contributed by atoms with Crippen LogP contribution in [0.15, 0.2) is 0 Å². The van der Waals surface area contributed by atoms with E-state index in [0.29, 0.717) is 13.1 Å². The van der Waals surface area contributed by atoms with Crippen LogP contribution in [0.4, 0.5) is 0 Å². The van der Waals surface area contributed by atoms with Crippen molar-refractivity contribution in [1.29, 1.82) is 0 Å². The molecular formula is C12H23O3. The van der Waals surface area contributed by atoms with Crippen molar-refractivity contribution < 1.29 is 14.6 Å². The minimum atomic E-state index is 0.0801. The van der Waals surface area contributed by atoms with Crippen LogP contribution < -0.4 is 0 Å². The zero-order chi connectivity index (χ0) is 11.2. The Kier molecular flexibility index (Phi) is 12.9. The molecular weight excluding hydrogens is 192 g/mol. The molecule has 1 radical (unpaired) electrons. The quantitative estimate of drug-likeness (QED) is 0.371. The number of hydrogen-bond donors (Lipinski definition) is 0. The van der Waals surface area contributed by atoms with Crippen molar-refractivity contribution in [2.45, 2.75) is 57.8 Å². The van der Waals surface area contributed by atoms with Gasteiger partial charge in [-0.2, -0.15) is 0 Å². The third-order valence-electron chi connectivity index (χ3n) is 2.47. The fraction of sp³-hybridized carbons (Fsp3) is 0.917. The fourth-order valence-corrected chi connectivity index (χ4v) is 1.57. The molecule has 0 aromatic carbocycles. The summed E-state index contributed by atoms with van der Waals surface area (Å²) in [5.74, 6) is 0. The number of ether oxygens (including phenoxy) is 1. The maximum Gasteiger partial charge on any atom is 0.293 e. The Bertz CT molecular complexity index is 126. The van der Waals surface area contributed by atoms with Crippen LogP contribution in [-0.4, -0.2) is 19.7 Å². The largest absolute Gasteiger partial charge is 0.468 e. The second-order valence-corrected chi connectivity index (χ2v) is 3.85. The summed E-state index contributed by atoms with van der Waals surface area (Å²) in [6, 6.07) is 0. The molecule has 0 aliphatic heterocycles. The van der Waals surface area contributed by atoms with Crippen molar-refractivity contribution in [3.63, 3.8) is 0 Å². The molecule has 0 aliphatic carbocycles. The molecule has 89 valence electrons. The molecule has 0 N–H and O–H groups in total.